The van der Waals surface area contributed by atoms with Crippen LogP contribution in [0.2, 0.25) is 0 Å². The maximum atomic E-state index is 15.4. The van der Waals surface area contributed by atoms with Crippen molar-refractivity contribution in [2.24, 2.45) is 41.2 Å². The van der Waals surface area contributed by atoms with E-state index in [9.17, 15) is 34.2 Å². The molecule has 1 rings (SSSR count). The maximum absolute atomic E-state index is 15.4. The quantitative estimate of drug-likeness (QED) is 0.0602. The predicted molar refractivity (Wildman–Crippen MR) is 369 cm³/mol. The van der Waals surface area contributed by atoms with Gasteiger partial charge in [-0.25, -0.2) is 0 Å². The summed E-state index contributed by atoms with van der Waals surface area (Å²) in [7, 11) is 9.86. The van der Waals surface area contributed by atoms with Gasteiger partial charge in [0.25, 0.3) is 0 Å². The minimum absolute atomic E-state index is 0.0104. The van der Waals surface area contributed by atoms with Crippen molar-refractivity contribution in [1.29, 1.82) is 0 Å². The molecule has 540 valence electrons. The topological polar surface area (TPSA) is 325 Å². The second-order valence-corrected chi connectivity index (χ2v) is 29.7. The van der Waals surface area contributed by atoms with E-state index in [4.69, 9.17) is 5.73 Å². The van der Waals surface area contributed by atoms with Crippen LogP contribution < -0.4 is 27.0 Å². The molecule has 0 aromatic rings. The molecular formula is C68H124N12O13S. The molecule has 0 aromatic carbocycles. The highest BCUT2D eigenvalue weighted by Crippen LogP contribution is 2.27. The van der Waals surface area contributed by atoms with Crippen LogP contribution in [0.5, 0.6) is 0 Å². The van der Waals surface area contributed by atoms with E-state index in [1.54, 1.807) is 60.6 Å². The number of hydrogen-bond donors (Lipinski definition) is 7. The fourth-order valence-corrected chi connectivity index (χ4v) is 12.7. The Kier molecular flexibility index (Phi) is 36.7. The number of aliphatic hydroxyl groups is 2. The molecule has 0 radical (unpaired) electrons. The van der Waals surface area contributed by atoms with Crippen LogP contribution in [0, 0.1) is 35.5 Å². The standard InChI is InChI=1S/C68H124N12O13S/c1-25-27-29-44(13)56(81)55-60(85)72-47(26-2)62(87)78(22)52(38-94-35-28-34-69)65(90)77(21)51(37-68(16,17)93)59(84)73-53(42(9)10)66(91)74(18)48(32-30-39(3)4)58(83)70-45(14)57(82)71-46(15)61(86)76(20)50(36-41(7)8)64(89)75(19)49(33-31-40(5)6)63(88)79(23)54(43(11)12)67(92)80(55)24/h25,27,39-56,81,93H,26,28-38,69H2,1-24H3,(H,70,83)(H,71,82)(H,72,85)(H,73,84)/b27-25+/t44-,45-,46+,47+,48-,49+,50+,51+,52-,53-,54+,55+,56-/m1/s1. The molecule has 0 aliphatic carbocycles. The first kappa shape index (κ1) is 86.2. The van der Waals surface area contributed by atoms with Crippen LogP contribution >= 0.6 is 11.8 Å². The number of hydrogen-bond acceptors (Lipinski definition) is 15. The first-order chi connectivity index (χ1) is 43.5. The fourth-order valence-electron chi connectivity index (χ4n) is 11.6. The molecular weight excluding hydrogens is 1220 g/mol. The molecule has 25 nitrogen and oxygen atoms in total. The van der Waals surface area contributed by atoms with Gasteiger partial charge in [0, 0.05) is 61.5 Å². The first-order valence-electron chi connectivity index (χ1n) is 33.8. The van der Waals surface area contributed by atoms with Crippen molar-refractivity contribution in [2.75, 3.05) is 67.4 Å². The SMILES string of the molecule is C/C=C/C[C@@H](C)[C@@H](O)[C@H]1C(=O)N[C@@H](CC)C(=O)N(C)[C@H](CSCCCN)C(=O)N(C)[C@@H](CC(C)(C)O)C(=O)N[C@H](C(C)C)C(=O)N(C)[C@H](CCC(C)C)C(=O)N[C@H](C)C(=O)N[C@@H](C)C(=O)N(C)[C@@H](CC(C)C)C(=O)N(C)[C@@H](CCC(C)C)C(=O)N(C)[C@@H](C(C)C)C(=O)N1C. The van der Waals surface area contributed by atoms with Crippen LogP contribution in [0.3, 0.4) is 0 Å². The highest BCUT2D eigenvalue weighted by Gasteiger charge is 2.47. The largest absolute Gasteiger partial charge is 0.390 e. The Morgan fingerprint density at radius 2 is 1.00 bits per heavy atom. The molecule has 11 amide bonds. The summed E-state index contributed by atoms with van der Waals surface area (Å²) in [5.41, 5.74) is 4.27. The Hall–Kier alpha value is -5.86. The number of aliphatic hydroxyl groups excluding tert-OH is 1. The summed E-state index contributed by atoms with van der Waals surface area (Å²) in [5.74, 6) is -9.35. The third kappa shape index (κ3) is 25.3. The van der Waals surface area contributed by atoms with E-state index in [-0.39, 0.29) is 62.0 Å². The molecule has 0 spiro atoms. The van der Waals surface area contributed by atoms with E-state index in [0.29, 0.717) is 31.6 Å². The van der Waals surface area contributed by atoms with Gasteiger partial charge < -0.3 is 71.5 Å². The van der Waals surface area contributed by atoms with Crippen molar-refractivity contribution < 1.29 is 63.0 Å². The third-order valence-electron chi connectivity index (χ3n) is 17.8. The molecule has 0 aromatic heterocycles. The van der Waals surface area contributed by atoms with Crippen LogP contribution in [0.25, 0.3) is 0 Å². The lowest BCUT2D eigenvalue weighted by Gasteiger charge is -2.41. The third-order valence-corrected chi connectivity index (χ3v) is 18.9. The van der Waals surface area contributed by atoms with Crippen LogP contribution in [0.4, 0.5) is 0 Å². The zero-order valence-corrected chi connectivity index (χ0v) is 62.4. The van der Waals surface area contributed by atoms with Crippen LogP contribution in [0.15, 0.2) is 12.2 Å². The van der Waals surface area contributed by atoms with Gasteiger partial charge in [0.1, 0.15) is 66.5 Å². The van der Waals surface area contributed by atoms with Crippen molar-refractivity contribution >= 4 is 76.7 Å². The van der Waals surface area contributed by atoms with Gasteiger partial charge in [0.05, 0.1) is 11.7 Å². The molecule has 0 saturated carbocycles. The van der Waals surface area contributed by atoms with Gasteiger partial charge in [0.2, 0.25) is 65.0 Å². The summed E-state index contributed by atoms with van der Waals surface area (Å²) in [4.78, 5) is 173. The van der Waals surface area contributed by atoms with Crippen molar-refractivity contribution in [2.45, 2.75) is 254 Å². The van der Waals surface area contributed by atoms with Crippen molar-refractivity contribution in [1.82, 2.24) is 55.6 Å². The molecule has 8 N–H and O–H groups in total. The van der Waals surface area contributed by atoms with Crippen molar-refractivity contribution in [3.8, 4) is 0 Å². The Balaban J connectivity index is 4.58. The number of thioether (sulfide) groups is 1. The van der Waals surface area contributed by atoms with Crippen molar-refractivity contribution in [3.63, 3.8) is 0 Å². The Bertz CT molecular complexity index is 2550. The monoisotopic (exact) mass is 1350 g/mol. The smallest absolute Gasteiger partial charge is 0.246 e. The highest BCUT2D eigenvalue weighted by atomic mass is 32.2. The zero-order valence-electron chi connectivity index (χ0n) is 61.5. The van der Waals surface area contributed by atoms with Gasteiger partial charge >= 0.3 is 0 Å². The molecule has 1 saturated heterocycles. The summed E-state index contributed by atoms with van der Waals surface area (Å²) in [5, 5.41) is 34.7. The van der Waals surface area contributed by atoms with E-state index < -0.39 is 161 Å². The van der Waals surface area contributed by atoms with Crippen molar-refractivity contribution in [3.05, 3.63) is 12.2 Å². The van der Waals surface area contributed by atoms with Crippen LogP contribution in [-0.2, 0) is 52.7 Å². The number of allylic oxidation sites excluding steroid dienone is 2. The molecule has 1 aliphatic rings. The minimum atomic E-state index is -1.66. The van der Waals surface area contributed by atoms with E-state index in [0.717, 1.165) is 9.80 Å². The first-order valence-corrected chi connectivity index (χ1v) is 35.0. The molecule has 94 heavy (non-hydrogen) atoms. The van der Waals surface area contributed by atoms with Crippen LogP contribution in [-0.4, -0.2) is 255 Å². The second-order valence-electron chi connectivity index (χ2n) is 28.6. The highest BCUT2D eigenvalue weighted by molar-refractivity contribution is 7.99. The number of likely N-dealkylation sites (N-methyl/N-ethyl adjacent to an activating group) is 7. The molecule has 26 heteroatoms. The number of amides is 11. The summed E-state index contributed by atoms with van der Waals surface area (Å²) < 4.78 is 0. The molecule has 0 unspecified atom stereocenters. The number of carbonyl (C=O) groups excluding carboxylic acids is 11. The number of nitrogens with two attached hydrogens (primary N) is 1. The summed E-state index contributed by atoms with van der Waals surface area (Å²) >= 11 is 1.32. The number of nitrogens with one attached hydrogen (secondary N) is 4. The molecule has 13 atom stereocenters. The zero-order chi connectivity index (χ0) is 72.7. The number of rotatable bonds is 22. The average Bonchev–Trinajstić information content (AvgIpc) is 0.813. The normalized spacial score (nSPS) is 26.4. The molecule has 1 aliphatic heterocycles. The minimum Gasteiger partial charge on any atom is -0.390 e. The van der Waals surface area contributed by atoms with Gasteiger partial charge in [-0.1, -0.05) is 95.2 Å². The second kappa shape index (κ2) is 40.0. The van der Waals surface area contributed by atoms with E-state index in [1.165, 1.54) is 113 Å². The van der Waals surface area contributed by atoms with E-state index in [1.807, 2.05) is 41.5 Å². The number of nitrogens with zero attached hydrogens (tertiary/aromatic N) is 7. The lowest BCUT2D eigenvalue weighted by Crippen LogP contribution is -2.64. The van der Waals surface area contributed by atoms with Gasteiger partial charge in [-0.3, -0.25) is 52.7 Å². The van der Waals surface area contributed by atoms with Gasteiger partial charge in [-0.15, -0.1) is 0 Å². The van der Waals surface area contributed by atoms with Gasteiger partial charge in [-0.2, -0.15) is 11.8 Å². The Morgan fingerprint density at radius 3 is 1.49 bits per heavy atom. The summed E-state index contributed by atoms with van der Waals surface area (Å²) in [6.07, 6.45) is 3.87. The Morgan fingerprint density at radius 1 is 0.532 bits per heavy atom. The molecule has 1 fully saturated rings. The number of carbonyl (C=O) groups is 11. The molecule has 1 heterocycles. The van der Waals surface area contributed by atoms with Gasteiger partial charge in [0.15, 0.2) is 0 Å². The van der Waals surface area contributed by atoms with Crippen LogP contribution in [0.1, 0.15) is 175 Å². The predicted octanol–water partition coefficient (Wildman–Crippen LogP) is 3.61. The summed E-state index contributed by atoms with van der Waals surface area (Å²) in [6.45, 7) is 29.6. The lowest BCUT2D eigenvalue weighted by atomic mass is 9.91. The molecule has 0 bridgehead atoms. The fraction of sp³-hybridized carbons (Fsp3) is 0.809. The lowest BCUT2D eigenvalue weighted by molar-refractivity contribution is -0.157. The summed E-state index contributed by atoms with van der Waals surface area (Å²) in [6, 6.07) is -14.4. The van der Waals surface area contributed by atoms with E-state index in [2.05, 4.69) is 21.3 Å². The maximum Gasteiger partial charge on any atom is 0.246 e. The van der Waals surface area contributed by atoms with Gasteiger partial charge in [-0.05, 0) is 134 Å². The average molecular weight is 1350 g/mol. The van der Waals surface area contributed by atoms with E-state index >= 15 is 28.8 Å². The Labute approximate surface area is 567 Å².